The molecule has 43 heavy (non-hydrogen) atoms. The summed E-state index contributed by atoms with van der Waals surface area (Å²) in [5.74, 6) is -2.14. The Labute approximate surface area is 252 Å². The number of amides is 3. The van der Waals surface area contributed by atoms with E-state index < -0.39 is 53.7 Å². The fourth-order valence-corrected chi connectivity index (χ4v) is 6.35. The highest BCUT2D eigenvalue weighted by molar-refractivity contribution is 6.45. The van der Waals surface area contributed by atoms with E-state index >= 15 is 0 Å². The molecule has 0 bridgehead atoms. The molecule has 0 saturated carbocycles. The fraction of sp³-hybridized carbons (Fsp3) is 0.500. The molecule has 0 radical (unpaired) electrons. The van der Waals surface area contributed by atoms with E-state index in [2.05, 4.69) is 0 Å². The van der Waals surface area contributed by atoms with E-state index in [1.54, 1.807) is 24.3 Å². The van der Waals surface area contributed by atoms with Gasteiger partial charge in [0.15, 0.2) is 5.54 Å². The molecule has 0 spiro atoms. The number of carbonyl (C=O) groups excluding carboxylic acids is 4. The molecule has 3 heterocycles. The molecule has 2 saturated heterocycles. The monoisotopic (exact) mass is 590 g/mol. The van der Waals surface area contributed by atoms with Gasteiger partial charge >= 0.3 is 19.2 Å². The van der Waals surface area contributed by atoms with Crippen LogP contribution in [-0.2, 0) is 30.2 Å². The number of likely N-dealkylation sites (tertiary alicyclic amines) is 1. The number of hydrogen-bond acceptors (Lipinski definition) is 8. The fourth-order valence-electron chi connectivity index (χ4n) is 6.35. The third kappa shape index (κ3) is 5.56. The predicted molar refractivity (Wildman–Crippen MR) is 158 cm³/mol. The van der Waals surface area contributed by atoms with Crippen molar-refractivity contribution < 1.29 is 38.0 Å². The van der Waals surface area contributed by atoms with Crippen molar-refractivity contribution >= 4 is 31.0 Å². The Bertz CT molecular complexity index is 1350. The lowest BCUT2D eigenvalue weighted by molar-refractivity contribution is -0.156. The molecule has 5 rings (SSSR count). The zero-order valence-electron chi connectivity index (χ0n) is 25.5. The highest BCUT2D eigenvalue weighted by Gasteiger charge is 2.60. The molecule has 2 aromatic carbocycles. The van der Waals surface area contributed by atoms with Crippen LogP contribution in [0.4, 0.5) is 4.79 Å². The highest BCUT2D eigenvalue weighted by atomic mass is 16.7. The van der Waals surface area contributed by atoms with Crippen LogP contribution >= 0.6 is 0 Å². The first-order valence-corrected chi connectivity index (χ1v) is 14.8. The lowest BCUT2D eigenvalue weighted by Gasteiger charge is -2.41. The molecule has 228 valence electrons. The Balaban J connectivity index is 1.41. The number of esters is 1. The Hall–Kier alpha value is -3.70. The van der Waals surface area contributed by atoms with Crippen LogP contribution in [0.5, 0.6) is 0 Å². The summed E-state index contributed by atoms with van der Waals surface area (Å²) < 4.78 is 23.3. The molecule has 0 aromatic heterocycles. The normalized spacial score (nSPS) is 23.9. The number of fused-ring (bicyclic) bond motifs is 1. The topological polar surface area (TPSA) is 112 Å². The minimum absolute atomic E-state index is 0.00698. The van der Waals surface area contributed by atoms with Gasteiger partial charge in [-0.3, -0.25) is 19.4 Å². The summed E-state index contributed by atoms with van der Waals surface area (Å²) in [5.41, 5.74) is -1.25. The van der Waals surface area contributed by atoms with Crippen LogP contribution in [0.1, 0.15) is 73.2 Å². The predicted octanol–water partition coefficient (Wildman–Crippen LogP) is 4.73. The largest absolute Gasteiger partial charge is 0.467 e. The van der Waals surface area contributed by atoms with Crippen molar-refractivity contribution in [3.8, 4) is 0 Å². The number of hydrogen-bond donors (Lipinski definition) is 0. The molecule has 3 aliphatic rings. The molecule has 0 N–H and O–H groups in total. The zero-order chi connectivity index (χ0) is 31.0. The molecular weight excluding hydrogens is 551 g/mol. The van der Waals surface area contributed by atoms with E-state index in [0.717, 1.165) is 10.5 Å². The van der Waals surface area contributed by atoms with Gasteiger partial charge in [0.25, 0.3) is 11.8 Å². The molecule has 10 nitrogen and oxygen atoms in total. The standard InChI is InChI=1S/C32H39BN2O8/c1-30(2)31(3,4)43-33(42-30)18-11-14-23-17-19-35(29(39)41-20-22-12-7-6-8-13-22)32(23,28(38)40-5)21-34-26(36)24-15-9-10-16-25(24)27(34)37/h6-10,12-13,15-16,23H,11,14,17-21H2,1-5H3. The first-order valence-electron chi connectivity index (χ1n) is 14.8. The number of methoxy groups -OCH3 is 1. The van der Waals surface area contributed by atoms with Crippen molar-refractivity contribution in [1.29, 1.82) is 0 Å². The number of benzene rings is 2. The van der Waals surface area contributed by atoms with Crippen molar-refractivity contribution in [3.05, 3.63) is 71.3 Å². The van der Waals surface area contributed by atoms with Crippen LogP contribution < -0.4 is 0 Å². The number of nitrogens with zero attached hydrogens (tertiary/aromatic N) is 2. The van der Waals surface area contributed by atoms with Gasteiger partial charge in [0.05, 0.1) is 36.0 Å². The molecule has 2 aromatic rings. The van der Waals surface area contributed by atoms with Crippen LogP contribution in [-0.4, -0.2) is 77.7 Å². The molecule has 2 unspecified atom stereocenters. The average Bonchev–Trinajstić information content (AvgIpc) is 3.54. The summed E-state index contributed by atoms with van der Waals surface area (Å²) in [5, 5.41) is 0. The maximum atomic E-state index is 13.8. The van der Waals surface area contributed by atoms with Crippen LogP contribution in [0, 0.1) is 5.92 Å². The second-order valence-corrected chi connectivity index (χ2v) is 12.5. The average molecular weight is 590 g/mol. The smallest absolute Gasteiger partial charge is 0.457 e. The molecule has 2 atom stereocenters. The Morgan fingerprint density at radius 1 is 0.930 bits per heavy atom. The summed E-state index contributed by atoms with van der Waals surface area (Å²) in [6.07, 6.45) is 1.45. The summed E-state index contributed by atoms with van der Waals surface area (Å²) in [6.45, 7) is 7.84. The maximum Gasteiger partial charge on any atom is 0.457 e. The molecule has 11 heteroatoms. The second kappa shape index (κ2) is 11.8. The second-order valence-electron chi connectivity index (χ2n) is 12.5. The van der Waals surface area contributed by atoms with Crippen LogP contribution in [0.2, 0.25) is 6.32 Å². The van der Waals surface area contributed by atoms with Gasteiger partial charge in [-0.25, -0.2) is 9.59 Å². The van der Waals surface area contributed by atoms with Gasteiger partial charge in [-0.15, -0.1) is 0 Å². The van der Waals surface area contributed by atoms with E-state index in [1.165, 1.54) is 12.0 Å². The van der Waals surface area contributed by atoms with Crippen molar-refractivity contribution in [2.75, 3.05) is 20.2 Å². The maximum absolute atomic E-state index is 13.8. The van der Waals surface area contributed by atoms with Gasteiger partial charge in [0, 0.05) is 6.54 Å². The van der Waals surface area contributed by atoms with Gasteiger partial charge in [-0.05, 0) is 70.5 Å². The van der Waals surface area contributed by atoms with Crippen molar-refractivity contribution in [2.24, 2.45) is 5.92 Å². The summed E-state index contributed by atoms with van der Waals surface area (Å²) in [4.78, 5) is 56.8. The van der Waals surface area contributed by atoms with Gasteiger partial charge < -0.3 is 18.8 Å². The highest BCUT2D eigenvalue weighted by Crippen LogP contribution is 2.43. The third-order valence-electron chi connectivity index (χ3n) is 9.39. The van der Waals surface area contributed by atoms with Gasteiger partial charge in [0.2, 0.25) is 0 Å². The first kappa shape index (κ1) is 30.8. The van der Waals surface area contributed by atoms with E-state index in [1.807, 2.05) is 58.0 Å². The Morgan fingerprint density at radius 2 is 1.51 bits per heavy atom. The molecular formula is C32H39BN2O8. The minimum atomic E-state index is -1.63. The van der Waals surface area contributed by atoms with Gasteiger partial charge in [0.1, 0.15) is 6.61 Å². The van der Waals surface area contributed by atoms with E-state index in [0.29, 0.717) is 25.6 Å². The molecule has 3 aliphatic heterocycles. The number of rotatable bonds is 9. The first-order chi connectivity index (χ1) is 20.4. The van der Waals surface area contributed by atoms with Crippen LogP contribution in [0.25, 0.3) is 0 Å². The van der Waals surface area contributed by atoms with Crippen LogP contribution in [0.3, 0.4) is 0 Å². The van der Waals surface area contributed by atoms with Gasteiger partial charge in [-0.1, -0.05) is 48.9 Å². The Kier molecular flexibility index (Phi) is 8.42. The summed E-state index contributed by atoms with van der Waals surface area (Å²) >= 11 is 0. The van der Waals surface area contributed by atoms with Crippen molar-refractivity contribution in [2.45, 2.75) is 76.6 Å². The zero-order valence-corrected chi connectivity index (χ0v) is 25.5. The molecule has 3 amide bonds. The van der Waals surface area contributed by atoms with Crippen molar-refractivity contribution in [3.63, 3.8) is 0 Å². The number of imide groups is 1. The number of ether oxygens (including phenoxy) is 2. The van der Waals surface area contributed by atoms with E-state index in [4.69, 9.17) is 18.8 Å². The molecule has 2 fully saturated rings. The lowest BCUT2D eigenvalue weighted by atomic mass is 9.76. The third-order valence-corrected chi connectivity index (χ3v) is 9.39. The van der Waals surface area contributed by atoms with Crippen LogP contribution in [0.15, 0.2) is 54.6 Å². The molecule has 0 aliphatic carbocycles. The summed E-state index contributed by atoms with van der Waals surface area (Å²) in [7, 11) is 0.835. The SMILES string of the molecule is COC(=O)C1(CN2C(=O)c3ccccc3C2=O)C(CCCB2OC(C)(C)C(C)(C)O2)CCN1C(=O)OCc1ccccc1. The minimum Gasteiger partial charge on any atom is -0.467 e. The van der Waals surface area contributed by atoms with Gasteiger partial charge in [-0.2, -0.15) is 0 Å². The van der Waals surface area contributed by atoms with E-state index in [9.17, 15) is 19.2 Å². The number of carbonyl (C=O) groups is 4. The lowest BCUT2D eigenvalue weighted by Crippen LogP contribution is -2.63. The van der Waals surface area contributed by atoms with Crippen molar-refractivity contribution in [1.82, 2.24) is 9.80 Å². The quantitative estimate of drug-likeness (QED) is 0.234. The summed E-state index contributed by atoms with van der Waals surface area (Å²) in [6, 6.07) is 15.8. The Morgan fingerprint density at radius 3 is 2.09 bits per heavy atom. The van der Waals surface area contributed by atoms with E-state index in [-0.39, 0.29) is 30.8 Å².